The molecule has 0 fully saturated rings. The summed E-state index contributed by atoms with van der Waals surface area (Å²) in [5, 5.41) is 0. The molecule has 0 saturated heterocycles. The Morgan fingerprint density at radius 2 is 1.84 bits per heavy atom. The first kappa shape index (κ1) is 12.1. The highest BCUT2D eigenvalue weighted by Crippen LogP contribution is 2.23. The number of halogens is 2. The molecule has 2 nitrogen and oxygen atoms in total. The van der Waals surface area contributed by atoms with Gasteiger partial charge in [-0.05, 0) is 30.5 Å². The average Bonchev–Trinajstić information content (AvgIpc) is 2.78. The predicted molar refractivity (Wildman–Crippen MR) is 67.2 cm³/mol. The van der Waals surface area contributed by atoms with Crippen molar-refractivity contribution in [1.82, 2.24) is 4.57 Å². The number of carbonyl (C=O) groups is 1. The number of ketones is 1. The molecular weight excluding hydrogens is 248 g/mol. The highest BCUT2D eigenvalue weighted by Gasteiger charge is 2.19. The minimum atomic E-state index is -0.557. The molecule has 0 saturated carbocycles. The van der Waals surface area contributed by atoms with Gasteiger partial charge in [-0.3, -0.25) is 4.79 Å². The van der Waals surface area contributed by atoms with Gasteiger partial charge in [-0.1, -0.05) is 6.07 Å². The van der Waals surface area contributed by atoms with Gasteiger partial charge >= 0.3 is 0 Å². The van der Waals surface area contributed by atoms with Gasteiger partial charge in [0.15, 0.2) is 5.78 Å². The first-order valence-corrected chi connectivity index (χ1v) is 6.30. The van der Waals surface area contributed by atoms with Gasteiger partial charge < -0.3 is 4.57 Å². The summed E-state index contributed by atoms with van der Waals surface area (Å²) >= 11 is 0. The highest BCUT2D eigenvalue weighted by atomic mass is 19.1. The zero-order chi connectivity index (χ0) is 13.4. The summed E-state index contributed by atoms with van der Waals surface area (Å²) in [5.41, 5.74) is 1.71. The molecule has 0 radical (unpaired) electrons. The zero-order valence-corrected chi connectivity index (χ0v) is 10.3. The van der Waals surface area contributed by atoms with Crippen LogP contribution in [0.2, 0.25) is 0 Å². The molecule has 0 N–H and O–H groups in total. The summed E-state index contributed by atoms with van der Waals surface area (Å²) in [6.07, 6.45) is 5.78. The minimum Gasteiger partial charge on any atom is -0.349 e. The molecule has 1 aromatic heterocycles. The molecule has 0 amide bonds. The molecule has 2 aromatic rings. The Kier molecular flexibility index (Phi) is 2.93. The standard InChI is InChI=1S/C15H13F2NO/c16-13-4-2-5-14(17)12(13)9-18-7-10-3-1-6-15(19)11(10)8-18/h2,4-5,7-8H,1,3,6,9H2. The van der Waals surface area contributed by atoms with Gasteiger partial charge in [-0.2, -0.15) is 0 Å². The molecule has 4 heteroatoms. The molecular formula is C15H13F2NO. The van der Waals surface area contributed by atoms with Crippen molar-refractivity contribution >= 4 is 5.78 Å². The van der Waals surface area contributed by atoms with Crippen molar-refractivity contribution in [3.63, 3.8) is 0 Å². The number of carbonyl (C=O) groups excluding carboxylic acids is 1. The summed E-state index contributed by atoms with van der Waals surface area (Å²) in [6, 6.07) is 3.83. The fraction of sp³-hybridized carbons (Fsp3) is 0.267. The average molecular weight is 261 g/mol. The van der Waals surface area contributed by atoms with E-state index in [1.54, 1.807) is 10.8 Å². The van der Waals surface area contributed by atoms with Gasteiger partial charge in [0.05, 0.1) is 6.54 Å². The molecule has 0 bridgehead atoms. The van der Waals surface area contributed by atoms with E-state index < -0.39 is 11.6 Å². The van der Waals surface area contributed by atoms with Crippen LogP contribution in [-0.2, 0) is 13.0 Å². The maximum atomic E-state index is 13.6. The quantitative estimate of drug-likeness (QED) is 0.812. The van der Waals surface area contributed by atoms with Gasteiger partial charge in [0, 0.05) is 29.9 Å². The molecule has 1 aromatic carbocycles. The fourth-order valence-corrected chi connectivity index (χ4v) is 2.54. The van der Waals surface area contributed by atoms with E-state index >= 15 is 0 Å². The number of aryl methyl sites for hydroxylation is 1. The van der Waals surface area contributed by atoms with Crippen molar-refractivity contribution in [3.05, 3.63) is 58.9 Å². The van der Waals surface area contributed by atoms with Crippen LogP contribution in [0.25, 0.3) is 0 Å². The van der Waals surface area contributed by atoms with Gasteiger partial charge in [-0.25, -0.2) is 8.78 Å². The van der Waals surface area contributed by atoms with E-state index in [1.807, 2.05) is 6.20 Å². The third-order valence-corrected chi connectivity index (χ3v) is 3.52. The summed E-state index contributed by atoms with van der Waals surface area (Å²) < 4.78 is 28.8. The topological polar surface area (TPSA) is 22.0 Å². The monoisotopic (exact) mass is 261 g/mol. The summed E-state index contributed by atoms with van der Waals surface area (Å²) in [5.74, 6) is -0.995. The Labute approximate surface area is 109 Å². The van der Waals surface area contributed by atoms with Crippen LogP contribution in [0.4, 0.5) is 8.78 Å². The Hall–Kier alpha value is -1.97. The predicted octanol–water partition coefficient (Wildman–Crippen LogP) is 3.33. The Balaban J connectivity index is 1.94. The van der Waals surface area contributed by atoms with Crippen molar-refractivity contribution in [1.29, 1.82) is 0 Å². The first-order chi connectivity index (χ1) is 9.15. The van der Waals surface area contributed by atoms with E-state index in [4.69, 9.17) is 0 Å². The summed E-state index contributed by atoms with van der Waals surface area (Å²) in [7, 11) is 0. The molecule has 3 rings (SSSR count). The van der Waals surface area contributed by atoms with Crippen molar-refractivity contribution in [2.45, 2.75) is 25.8 Å². The Morgan fingerprint density at radius 1 is 1.11 bits per heavy atom. The zero-order valence-electron chi connectivity index (χ0n) is 10.3. The number of nitrogens with zero attached hydrogens (tertiary/aromatic N) is 1. The smallest absolute Gasteiger partial charge is 0.164 e. The molecule has 0 unspecified atom stereocenters. The lowest BCUT2D eigenvalue weighted by Gasteiger charge is -2.07. The number of aromatic nitrogens is 1. The van der Waals surface area contributed by atoms with Crippen LogP contribution in [0.1, 0.15) is 34.3 Å². The molecule has 0 aliphatic heterocycles. The molecule has 0 atom stereocenters. The van der Waals surface area contributed by atoms with Crippen molar-refractivity contribution in [2.75, 3.05) is 0 Å². The van der Waals surface area contributed by atoms with Crippen LogP contribution in [-0.4, -0.2) is 10.4 Å². The normalized spacial score (nSPS) is 14.5. The lowest BCUT2D eigenvalue weighted by Crippen LogP contribution is -2.07. The number of hydrogen-bond acceptors (Lipinski definition) is 1. The second-order valence-electron chi connectivity index (χ2n) is 4.85. The Bertz CT molecular complexity index is 625. The summed E-state index contributed by atoms with van der Waals surface area (Å²) in [6.45, 7) is 0.110. The van der Waals surface area contributed by atoms with Crippen molar-refractivity contribution in [3.8, 4) is 0 Å². The molecule has 1 aliphatic rings. The fourth-order valence-electron chi connectivity index (χ4n) is 2.54. The number of benzene rings is 1. The molecule has 0 spiro atoms. The largest absolute Gasteiger partial charge is 0.349 e. The summed E-state index contributed by atoms with van der Waals surface area (Å²) in [4.78, 5) is 11.7. The van der Waals surface area contributed by atoms with Crippen LogP contribution in [0.15, 0.2) is 30.6 Å². The second-order valence-corrected chi connectivity index (χ2v) is 4.85. The lowest BCUT2D eigenvalue weighted by atomic mass is 9.95. The van der Waals surface area contributed by atoms with Crippen molar-refractivity contribution in [2.24, 2.45) is 0 Å². The van der Waals surface area contributed by atoms with Gasteiger partial charge in [0.2, 0.25) is 0 Å². The van der Waals surface area contributed by atoms with Crippen molar-refractivity contribution < 1.29 is 13.6 Å². The van der Waals surface area contributed by atoms with E-state index in [9.17, 15) is 13.6 Å². The number of hydrogen-bond donors (Lipinski definition) is 0. The second kappa shape index (κ2) is 4.61. The van der Waals surface area contributed by atoms with Gasteiger partial charge in [0.25, 0.3) is 0 Å². The molecule has 1 heterocycles. The number of rotatable bonds is 2. The molecule has 19 heavy (non-hydrogen) atoms. The van der Waals surface area contributed by atoms with E-state index in [-0.39, 0.29) is 17.9 Å². The third-order valence-electron chi connectivity index (χ3n) is 3.52. The van der Waals surface area contributed by atoms with Crippen LogP contribution in [0.3, 0.4) is 0 Å². The Morgan fingerprint density at radius 3 is 2.53 bits per heavy atom. The number of fused-ring (bicyclic) bond motifs is 1. The van der Waals surface area contributed by atoms with Gasteiger partial charge in [-0.15, -0.1) is 0 Å². The first-order valence-electron chi connectivity index (χ1n) is 6.30. The SMILES string of the molecule is O=C1CCCc2cn(Cc3c(F)cccc3F)cc21. The highest BCUT2D eigenvalue weighted by molar-refractivity contribution is 5.98. The molecule has 1 aliphatic carbocycles. The molecule has 98 valence electrons. The lowest BCUT2D eigenvalue weighted by molar-refractivity contribution is 0.0973. The van der Waals surface area contributed by atoms with E-state index in [1.165, 1.54) is 18.2 Å². The van der Waals surface area contributed by atoms with Gasteiger partial charge in [0.1, 0.15) is 11.6 Å². The van der Waals surface area contributed by atoms with Crippen LogP contribution >= 0.6 is 0 Å². The minimum absolute atomic E-state index is 0.0299. The maximum Gasteiger partial charge on any atom is 0.164 e. The van der Waals surface area contributed by atoms with Crippen LogP contribution in [0.5, 0.6) is 0 Å². The number of Topliss-reactive ketones (excluding diaryl/α,β-unsaturated/α-hetero) is 1. The van der Waals surface area contributed by atoms with E-state index in [0.29, 0.717) is 12.0 Å². The van der Waals surface area contributed by atoms with E-state index in [2.05, 4.69) is 0 Å². The third kappa shape index (κ3) is 2.18. The van der Waals surface area contributed by atoms with E-state index in [0.717, 1.165) is 18.4 Å². The maximum absolute atomic E-state index is 13.6. The van der Waals surface area contributed by atoms with Crippen LogP contribution < -0.4 is 0 Å². The van der Waals surface area contributed by atoms with Crippen LogP contribution in [0, 0.1) is 11.6 Å².